The second-order valence-electron chi connectivity index (χ2n) is 4.55. The summed E-state index contributed by atoms with van der Waals surface area (Å²) >= 11 is 1.44. The van der Waals surface area contributed by atoms with Gasteiger partial charge in [0.2, 0.25) is 0 Å². The van der Waals surface area contributed by atoms with Gasteiger partial charge >= 0.3 is 0 Å². The molecule has 0 aliphatic rings. The number of aromatic nitrogens is 5. The number of nitrogen functional groups attached to an aromatic ring is 1. The van der Waals surface area contributed by atoms with E-state index in [1.807, 2.05) is 20.9 Å². The number of nitrogens with one attached hydrogen (secondary N) is 1. The first-order valence-electron chi connectivity index (χ1n) is 6.30. The van der Waals surface area contributed by atoms with Crippen LogP contribution in [0.15, 0.2) is 15.8 Å². The first-order valence-corrected chi connectivity index (χ1v) is 7.29. The molecule has 0 atom stereocenters. The molecule has 3 aromatic heterocycles. The molecule has 0 aliphatic carbocycles. The Morgan fingerprint density at radius 2 is 2.14 bits per heavy atom. The van der Waals surface area contributed by atoms with Gasteiger partial charge in [0.05, 0.1) is 23.0 Å². The molecule has 0 bridgehead atoms. The topological polar surface area (TPSA) is 108 Å². The van der Waals surface area contributed by atoms with Gasteiger partial charge in [-0.05, 0) is 13.8 Å². The smallest absolute Gasteiger partial charge is 0.256 e. The molecule has 0 spiro atoms. The summed E-state index contributed by atoms with van der Waals surface area (Å²) in [6.07, 6.45) is 1.68. The van der Waals surface area contributed by atoms with Gasteiger partial charge in [0.15, 0.2) is 11.5 Å². The highest BCUT2D eigenvalue weighted by atomic mass is 32.2. The van der Waals surface area contributed by atoms with E-state index in [9.17, 15) is 0 Å². The molecule has 21 heavy (non-hydrogen) atoms. The number of thioether (sulfide) groups is 1. The number of nitrogens with zero attached hydrogens (tertiary/aromatic N) is 5. The van der Waals surface area contributed by atoms with Gasteiger partial charge in [-0.15, -0.1) is 0 Å². The molecule has 0 saturated heterocycles. The highest BCUT2D eigenvalue weighted by molar-refractivity contribution is 7.98. The number of rotatable bonds is 4. The van der Waals surface area contributed by atoms with Gasteiger partial charge in [-0.2, -0.15) is 5.10 Å². The van der Waals surface area contributed by atoms with Crippen molar-refractivity contribution < 1.29 is 4.42 Å². The van der Waals surface area contributed by atoms with Gasteiger partial charge in [-0.1, -0.05) is 11.8 Å². The van der Waals surface area contributed by atoms with Crippen LogP contribution >= 0.6 is 11.8 Å². The van der Waals surface area contributed by atoms with Gasteiger partial charge < -0.3 is 9.84 Å². The Balaban J connectivity index is 1.88. The first-order chi connectivity index (χ1) is 10.1. The fraction of sp³-hybridized carbons (Fsp3) is 0.333. The Labute approximate surface area is 125 Å². The number of anilines is 1. The molecular weight excluding hydrogens is 290 g/mol. The molecule has 0 aromatic carbocycles. The van der Waals surface area contributed by atoms with Gasteiger partial charge in [0.1, 0.15) is 11.6 Å². The van der Waals surface area contributed by atoms with Crippen molar-refractivity contribution in [2.45, 2.75) is 24.8 Å². The second-order valence-corrected chi connectivity index (χ2v) is 5.47. The summed E-state index contributed by atoms with van der Waals surface area (Å²) in [6, 6.07) is 0. The minimum atomic E-state index is 0.537. The van der Waals surface area contributed by atoms with Gasteiger partial charge in [-0.25, -0.2) is 20.8 Å². The third kappa shape index (κ3) is 2.57. The highest BCUT2D eigenvalue weighted by Gasteiger charge is 2.12. The van der Waals surface area contributed by atoms with Crippen LogP contribution in [0, 0.1) is 13.8 Å². The highest BCUT2D eigenvalue weighted by Crippen LogP contribution is 2.25. The molecule has 0 radical (unpaired) electrons. The Bertz CT molecular complexity index is 775. The predicted octanol–water partition coefficient (Wildman–Crippen LogP) is 1.55. The van der Waals surface area contributed by atoms with Crippen LogP contribution in [0.2, 0.25) is 0 Å². The van der Waals surface area contributed by atoms with Crippen LogP contribution in [-0.2, 0) is 12.8 Å². The van der Waals surface area contributed by atoms with Crippen LogP contribution in [-0.4, -0.2) is 24.7 Å². The molecule has 0 aliphatic heterocycles. The molecule has 9 heteroatoms. The van der Waals surface area contributed by atoms with Crippen LogP contribution in [0.4, 0.5) is 5.82 Å². The molecular formula is C12H15N7OS. The zero-order valence-corrected chi connectivity index (χ0v) is 12.7. The lowest BCUT2D eigenvalue weighted by molar-refractivity contribution is 0.431. The number of fused-ring (bicyclic) bond motifs is 1. The van der Waals surface area contributed by atoms with Crippen molar-refractivity contribution in [1.29, 1.82) is 0 Å². The van der Waals surface area contributed by atoms with E-state index in [1.54, 1.807) is 10.9 Å². The fourth-order valence-corrected chi connectivity index (χ4v) is 2.64. The molecule has 0 amide bonds. The lowest BCUT2D eigenvalue weighted by Crippen LogP contribution is -2.11. The van der Waals surface area contributed by atoms with E-state index >= 15 is 0 Å². The van der Waals surface area contributed by atoms with Crippen LogP contribution < -0.4 is 11.3 Å². The lowest BCUT2D eigenvalue weighted by Gasteiger charge is -2.04. The fourth-order valence-electron chi connectivity index (χ4n) is 1.87. The number of aryl methyl sites for hydroxylation is 3. The summed E-state index contributed by atoms with van der Waals surface area (Å²) in [7, 11) is 1.83. The average Bonchev–Trinajstić information content (AvgIpc) is 3.00. The number of hydrazine groups is 1. The third-order valence-electron chi connectivity index (χ3n) is 3.11. The molecule has 3 rings (SSSR count). The number of nitrogens with two attached hydrogens (primary N) is 1. The maximum atomic E-state index is 5.53. The van der Waals surface area contributed by atoms with Crippen molar-refractivity contribution in [2.75, 3.05) is 5.43 Å². The standard InChI is InChI=1S/C12H15N7OS/c1-6-7(2)20-12(15-6)21-5-9-16-10(18-13)8-4-14-19(3)11(8)17-9/h4H,5,13H2,1-3H3,(H,16,17,18). The number of hydrogen-bond acceptors (Lipinski definition) is 8. The van der Waals surface area contributed by atoms with Crippen molar-refractivity contribution in [3.8, 4) is 0 Å². The van der Waals surface area contributed by atoms with Crippen molar-refractivity contribution in [3.05, 3.63) is 23.5 Å². The summed E-state index contributed by atoms with van der Waals surface area (Å²) in [4.78, 5) is 13.2. The van der Waals surface area contributed by atoms with Gasteiger partial charge in [0.25, 0.3) is 5.22 Å². The molecule has 3 N–H and O–H groups in total. The minimum Gasteiger partial charge on any atom is -0.437 e. The number of hydrogen-bond donors (Lipinski definition) is 2. The molecule has 110 valence electrons. The van der Waals surface area contributed by atoms with Crippen molar-refractivity contribution in [1.82, 2.24) is 24.7 Å². The van der Waals surface area contributed by atoms with E-state index in [1.165, 1.54) is 11.8 Å². The quantitative estimate of drug-likeness (QED) is 0.424. The molecule has 0 unspecified atom stereocenters. The lowest BCUT2D eigenvalue weighted by atomic mass is 10.4. The van der Waals surface area contributed by atoms with Gasteiger partial charge in [-0.3, -0.25) is 4.68 Å². The van der Waals surface area contributed by atoms with E-state index < -0.39 is 0 Å². The Kier molecular flexibility index (Phi) is 3.52. The van der Waals surface area contributed by atoms with Crippen LogP contribution in [0.1, 0.15) is 17.3 Å². The Morgan fingerprint density at radius 3 is 2.81 bits per heavy atom. The average molecular weight is 305 g/mol. The SMILES string of the molecule is Cc1nc(SCc2nc(NN)c3cnn(C)c3n2)oc1C. The van der Waals surface area contributed by atoms with Gasteiger partial charge in [0, 0.05) is 7.05 Å². The van der Waals surface area contributed by atoms with E-state index in [-0.39, 0.29) is 0 Å². The summed E-state index contributed by atoms with van der Waals surface area (Å²) in [5.74, 6) is 8.07. The summed E-state index contributed by atoms with van der Waals surface area (Å²) in [5, 5.41) is 5.56. The van der Waals surface area contributed by atoms with E-state index in [4.69, 9.17) is 10.3 Å². The Morgan fingerprint density at radius 1 is 1.33 bits per heavy atom. The largest absolute Gasteiger partial charge is 0.437 e. The van der Waals surface area contributed by atoms with Crippen molar-refractivity contribution >= 4 is 28.6 Å². The predicted molar refractivity (Wildman–Crippen MR) is 79.7 cm³/mol. The van der Waals surface area contributed by atoms with E-state index in [0.717, 1.165) is 22.5 Å². The summed E-state index contributed by atoms with van der Waals surface area (Å²) in [5.41, 5.74) is 4.21. The van der Waals surface area contributed by atoms with E-state index in [2.05, 4.69) is 25.5 Å². The van der Waals surface area contributed by atoms with Crippen LogP contribution in [0.5, 0.6) is 0 Å². The normalized spacial score (nSPS) is 11.2. The number of oxazole rings is 1. The third-order valence-corrected chi connectivity index (χ3v) is 3.93. The first kappa shape index (κ1) is 13.8. The zero-order chi connectivity index (χ0) is 15.0. The Hall–Kier alpha value is -2.13. The van der Waals surface area contributed by atoms with E-state index in [0.29, 0.717) is 22.6 Å². The molecule has 3 heterocycles. The maximum absolute atomic E-state index is 5.53. The molecule has 0 saturated carbocycles. The summed E-state index contributed by atoms with van der Waals surface area (Å²) in [6.45, 7) is 3.80. The monoisotopic (exact) mass is 305 g/mol. The second kappa shape index (κ2) is 5.34. The minimum absolute atomic E-state index is 0.537. The van der Waals surface area contributed by atoms with Crippen molar-refractivity contribution in [2.24, 2.45) is 12.9 Å². The van der Waals surface area contributed by atoms with Crippen LogP contribution in [0.3, 0.4) is 0 Å². The maximum Gasteiger partial charge on any atom is 0.256 e. The van der Waals surface area contributed by atoms with Crippen molar-refractivity contribution in [3.63, 3.8) is 0 Å². The summed E-state index contributed by atoms with van der Waals surface area (Å²) < 4.78 is 7.21. The molecule has 0 fully saturated rings. The zero-order valence-electron chi connectivity index (χ0n) is 11.9. The molecule has 8 nitrogen and oxygen atoms in total. The van der Waals surface area contributed by atoms with Crippen LogP contribution in [0.25, 0.3) is 11.0 Å². The molecule has 3 aromatic rings.